The van der Waals surface area contributed by atoms with Gasteiger partial charge in [0, 0.05) is 13.2 Å². The first-order chi connectivity index (χ1) is 6.79. The first-order valence-corrected chi connectivity index (χ1v) is 4.91. The van der Waals surface area contributed by atoms with Crippen molar-refractivity contribution in [2.24, 2.45) is 5.92 Å². The van der Waals surface area contributed by atoms with E-state index in [0.717, 1.165) is 18.9 Å². The molecule has 1 aliphatic rings. The van der Waals surface area contributed by atoms with Crippen LogP contribution in [0.4, 0.5) is 5.69 Å². The zero-order valence-electron chi connectivity index (χ0n) is 9.49. The average Bonchev–Trinajstić information content (AvgIpc) is 2.20. The third kappa shape index (κ3) is 10.3. The van der Waals surface area contributed by atoms with E-state index < -0.39 is 0 Å². The Morgan fingerprint density at radius 1 is 1.47 bits per heavy atom. The number of ether oxygens (including phenoxy) is 1. The molecule has 0 unspecified atom stereocenters. The van der Waals surface area contributed by atoms with E-state index in [1.165, 1.54) is 0 Å². The van der Waals surface area contributed by atoms with Crippen LogP contribution in [0.2, 0.25) is 0 Å². The second kappa shape index (κ2) is 12.1. The summed E-state index contributed by atoms with van der Waals surface area (Å²) in [6.45, 7) is 9.47. The Bertz CT molecular complexity index is 212. The van der Waals surface area contributed by atoms with Crippen LogP contribution in [-0.4, -0.2) is 13.2 Å². The van der Waals surface area contributed by atoms with Crippen molar-refractivity contribution in [2.75, 3.05) is 18.9 Å². The van der Waals surface area contributed by atoms with Gasteiger partial charge < -0.3 is 17.4 Å². The van der Waals surface area contributed by atoms with E-state index in [1.807, 2.05) is 32.0 Å². The molecule has 2 N–H and O–H groups in total. The molecule has 0 atom stereocenters. The summed E-state index contributed by atoms with van der Waals surface area (Å²) in [4.78, 5) is 0. The van der Waals surface area contributed by atoms with Crippen molar-refractivity contribution in [2.45, 2.75) is 13.8 Å². The van der Waals surface area contributed by atoms with Gasteiger partial charge in [-0.05, 0) is 0 Å². The molecule has 3 heteroatoms. The van der Waals surface area contributed by atoms with Crippen LogP contribution in [0.1, 0.15) is 13.8 Å². The van der Waals surface area contributed by atoms with Crippen molar-refractivity contribution in [3.63, 3.8) is 0 Å². The first kappa shape index (κ1) is 17.4. The van der Waals surface area contributed by atoms with Crippen LogP contribution in [0.25, 0.3) is 0 Å². The Labute approximate surface area is 117 Å². The van der Waals surface area contributed by atoms with E-state index >= 15 is 0 Å². The molecular weight excluding hydrogens is 412 g/mol. The number of hydrogen-bond donors (Lipinski definition) is 1. The fourth-order valence-electron chi connectivity index (χ4n) is 0.692. The van der Waals surface area contributed by atoms with E-state index in [9.17, 15) is 0 Å². The van der Waals surface area contributed by atoms with E-state index in [-0.39, 0.29) is 31.1 Å². The smallest absolute Gasteiger partial charge is 0.449 e. The zero-order valence-corrected chi connectivity index (χ0v) is 13.7. The SMILES string of the molecule is CC.Nc1c[c-]ccc1.[CH2-]C1COC1.[U+2]. The quantitative estimate of drug-likeness (QED) is 0.507. The molecule has 0 spiro atoms. The molecule has 82 valence electrons. The van der Waals surface area contributed by atoms with Gasteiger partial charge in [0.1, 0.15) is 0 Å². The van der Waals surface area contributed by atoms with Gasteiger partial charge in [0.2, 0.25) is 0 Å². The number of anilines is 1. The maximum Gasteiger partial charge on any atom is 2.00 e. The average molecular weight is 431 g/mol. The number of benzene rings is 1. The molecule has 1 aliphatic heterocycles. The monoisotopic (exact) mass is 431 g/mol. The molecule has 2 rings (SSSR count). The molecule has 1 saturated heterocycles. The van der Waals surface area contributed by atoms with Crippen LogP contribution in [-0.2, 0) is 4.74 Å². The van der Waals surface area contributed by atoms with Crippen LogP contribution >= 0.6 is 0 Å². The molecule has 1 heterocycles. The second-order valence-electron chi connectivity index (χ2n) is 2.74. The van der Waals surface area contributed by atoms with Crippen LogP contribution < -0.4 is 5.73 Å². The summed E-state index contributed by atoms with van der Waals surface area (Å²) in [7, 11) is 0. The van der Waals surface area contributed by atoms with Gasteiger partial charge >= 0.3 is 31.1 Å². The Morgan fingerprint density at radius 3 is 2.13 bits per heavy atom. The molecule has 0 radical (unpaired) electrons. The molecule has 0 saturated carbocycles. The molecule has 1 fully saturated rings. The molecule has 1 aromatic carbocycles. The number of nitrogen functional groups attached to an aromatic ring is 1. The maximum atomic E-state index is 5.33. The fraction of sp³-hybridized carbons (Fsp3) is 0.417. The molecule has 2 nitrogen and oxygen atoms in total. The largest absolute Gasteiger partial charge is 2.00 e. The summed E-state index contributed by atoms with van der Waals surface area (Å²) >= 11 is 0. The Kier molecular flexibility index (Phi) is 14.1. The standard InChI is InChI=1S/C6H6N.C4H7O.C2H6.U/c7-6-4-2-1-3-5-6;1-4-2-5-3-4;1-2;/h1-2,4-5H,7H2;4H,1-3H2;1-2H3;/q2*-1;;+2. The normalized spacial score (nSPS) is 13.0. The Balaban J connectivity index is 0. The summed E-state index contributed by atoms with van der Waals surface area (Å²) in [6, 6.07) is 10.1. The second-order valence-corrected chi connectivity index (χ2v) is 2.74. The van der Waals surface area contributed by atoms with E-state index in [1.54, 1.807) is 6.07 Å². The van der Waals surface area contributed by atoms with Gasteiger partial charge in [0.15, 0.2) is 0 Å². The summed E-state index contributed by atoms with van der Waals surface area (Å²) in [5.74, 6) is 0.593. The van der Waals surface area contributed by atoms with Crippen molar-refractivity contribution in [3.05, 3.63) is 37.3 Å². The van der Waals surface area contributed by atoms with Gasteiger partial charge in [-0.25, -0.2) is 0 Å². The molecule has 0 bridgehead atoms. The molecular formula is C12H19NOU. The molecule has 0 aliphatic carbocycles. The summed E-state index contributed by atoms with van der Waals surface area (Å²) in [5.41, 5.74) is 6.09. The molecule has 1 aromatic rings. The third-order valence-electron chi connectivity index (χ3n) is 1.44. The Hall–Kier alpha value is 0.0319. The Morgan fingerprint density at radius 2 is 2.00 bits per heavy atom. The van der Waals surface area contributed by atoms with E-state index in [0.29, 0.717) is 5.92 Å². The maximum absolute atomic E-state index is 5.33. The van der Waals surface area contributed by atoms with Gasteiger partial charge in [-0.3, -0.25) is 0 Å². The van der Waals surface area contributed by atoms with E-state index in [4.69, 9.17) is 10.5 Å². The third-order valence-corrected chi connectivity index (χ3v) is 1.44. The minimum Gasteiger partial charge on any atom is -0.449 e. The van der Waals surface area contributed by atoms with E-state index in [2.05, 4.69) is 13.0 Å². The summed E-state index contributed by atoms with van der Waals surface area (Å²) < 4.78 is 4.77. The molecule has 15 heavy (non-hydrogen) atoms. The van der Waals surface area contributed by atoms with Gasteiger partial charge in [0.05, 0.1) is 0 Å². The van der Waals surface area contributed by atoms with Crippen LogP contribution in [0.5, 0.6) is 0 Å². The van der Waals surface area contributed by atoms with Crippen LogP contribution in [0.15, 0.2) is 24.3 Å². The summed E-state index contributed by atoms with van der Waals surface area (Å²) in [6.07, 6.45) is 0. The predicted molar refractivity (Wildman–Crippen MR) is 60.7 cm³/mol. The van der Waals surface area contributed by atoms with Gasteiger partial charge in [0.25, 0.3) is 0 Å². The molecule has 0 amide bonds. The van der Waals surface area contributed by atoms with Crippen molar-refractivity contribution in [3.8, 4) is 0 Å². The predicted octanol–water partition coefficient (Wildman–Crippen LogP) is 2.56. The molecule has 0 aromatic heterocycles. The van der Waals surface area contributed by atoms with Gasteiger partial charge in [-0.1, -0.05) is 19.5 Å². The van der Waals surface area contributed by atoms with Gasteiger partial charge in [-0.2, -0.15) is 30.3 Å². The minimum atomic E-state index is 0. The van der Waals surface area contributed by atoms with Crippen molar-refractivity contribution >= 4 is 5.69 Å². The zero-order chi connectivity index (χ0) is 10.8. The van der Waals surface area contributed by atoms with Crippen molar-refractivity contribution in [1.82, 2.24) is 0 Å². The number of nitrogens with two attached hydrogens (primary N) is 1. The minimum absolute atomic E-state index is 0. The first-order valence-electron chi connectivity index (χ1n) is 4.91. The van der Waals surface area contributed by atoms with Crippen molar-refractivity contribution < 1.29 is 35.9 Å². The summed E-state index contributed by atoms with van der Waals surface area (Å²) in [5, 5.41) is 0. The van der Waals surface area contributed by atoms with Crippen LogP contribution in [0, 0.1) is 50.0 Å². The van der Waals surface area contributed by atoms with Crippen molar-refractivity contribution in [1.29, 1.82) is 0 Å². The topological polar surface area (TPSA) is 35.2 Å². The van der Waals surface area contributed by atoms with Gasteiger partial charge in [-0.15, -0.1) is 5.92 Å². The fourth-order valence-corrected chi connectivity index (χ4v) is 0.692. The van der Waals surface area contributed by atoms with Crippen LogP contribution in [0.3, 0.4) is 0 Å². The number of rotatable bonds is 0. The number of hydrogen-bond acceptors (Lipinski definition) is 2.